The third-order valence-corrected chi connectivity index (χ3v) is 3.94. The van der Waals surface area contributed by atoms with Crippen molar-refractivity contribution in [1.29, 1.82) is 0 Å². The summed E-state index contributed by atoms with van der Waals surface area (Å²) in [6.45, 7) is 4.08. The molecule has 1 amide bonds. The molecular weight excluding hydrogens is 274 g/mol. The van der Waals surface area contributed by atoms with Crippen LogP contribution in [0.5, 0.6) is 0 Å². The number of aryl methyl sites for hydroxylation is 1. The van der Waals surface area contributed by atoms with Crippen LogP contribution < -0.4 is 5.32 Å². The van der Waals surface area contributed by atoms with Crippen molar-refractivity contribution in [3.05, 3.63) is 29.3 Å². The van der Waals surface area contributed by atoms with Crippen LogP contribution in [0, 0.1) is 12.8 Å². The Morgan fingerprint density at radius 1 is 1.40 bits per heavy atom. The molecule has 5 heteroatoms. The zero-order chi connectivity index (χ0) is 15.1. The molecule has 0 spiro atoms. The minimum atomic E-state index is -0.792. The van der Waals surface area contributed by atoms with Gasteiger partial charge < -0.3 is 10.4 Å². The van der Waals surface area contributed by atoms with Crippen molar-refractivity contribution in [2.75, 3.05) is 12.8 Å². The highest BCUT2D eigenvalue weighted by atomic mass is 32.2. The van der Waals surface area contributed by atoms with Gasteiger partial charge in [0.2, 0.25) is 0 Å². The normalized spacial score (nSPS) is 11.9. The van der Waals surface area contributed by atoms with E-state index in [2.05, 4.69) is 5.32 Å². The van der Waals surface area contributed by atoms with Crippen LogP contribution in [-0.2, 0) is 4.79 Å². The molecule has 0 aliphatic carbocycles. The molecule has 1 rings (SSSR count). The van der Waals surface area contributed by atoms with Gasteiger partial charge in [0.05, 0.1) is 5.92 Å². The molecule has 0 aliphatic rings. The second-order valence-electron chi connectivity index (χ2n) is 4.82. The van der Waals surface area contributed by atoms with E-state index in [-0.39, 0.29) is 11.8 Å². The molecule has 0 aromatic heterocycles. The van der Waals surface area contributed by atoms with E-state index in [1.165, 1.54) is 0 Å². The molecule has 0 saturated carbocycles. The lowest BCUT2D eigenvalue weighted by atomic mass is 10.1. The quantitative estimate of drug-likeness (QED) is 0.599. The molecule has 20 heavy (non-hydrogen) atoms. The molecule has 1 unspecified atom stereocenters. The fraction of sp³-hybridized carbons (Fsp3) is 0.467. The van der Waals surface area contributed by atoms with Crippen LogP contribution in [0.4, 0.5) is 0 Å². The molecule has 0 fully saturated rings. The Bertz CT molecular complexity index is 488. The number of hydrogen-bond donors (Lipinski definition) is 2. The Labute approximate surface area is 124 Å². The fourth-order valence-corrected chi connectivity index (χ4v) is 2.24. The van der Waals surface area contributed by atoms with Crippen molar-refractivity contribution >= 4 is 23.6 Å². The van der Waals surface area contributed by atoms with E-state index in [1.807, 2.05) is 31.4 Å². The third-order valence-electron chi connectivity index (χ3n) is 3.21. The van der Waals surface area contributed by atoms with Gasteiger partial charge in [-0.15, -0.1) is 11.8 Å². The van der Waals surface area contributed by atoms with Gasteiger partial charge in [-0.25, -0.2) is 0 Å². The van der Waals surface area contributed by atoms with Crippen LogP contribution in [-0.4, -0.2) is 29.8 Å². The van der Waals surface area contributed by atoms with Crippen LogP contribution in [0.2, 0.25) is 0 Å². The van der Waals surface area contributed by atoms with Gasteiger partial charge >= 0.3 is 5.97 Å². The summed E-state index contributed by atoms with van der Waals surface area (Å²) in [5.41, 5.74) is 1.63. The molecule has 0 radical (unpaired) electrons. The molecule has 2 N–H and O–H groups in total. The zero-order valence-corrected chi connectivity index (χ0v) is 12.9. The lowest BCUT2D eigenvalue weighted by Gasteiger charge is -2.10. The SMILES string of the molecule is CSc1ccc(C)c(C(=O)NCCCC(C)C(=O)O)c1. The van der Waals surface area contributed by atoms with Gasteiger partial charge in [0.1, 0.15) is 0 Å². The monoisotopic (exact) mass is 295 g/mol. The minimum Gasteiger partial charge on any atom is -0.481 e. The molecule has 1 atom stereocenters. The number of aliphatic carboxylic acids is 1. The Morgan fingerprint density at radius 3 is 2.70 bits per heavy atom. The number of hydrogen-bond acceptors (Lipinski definition) is 3. The highest BCUT2D eigenvalue weighted by Crippen LogP contribution is 2.19. The Hall–Kier alpha value is -1.49. The predicted octanol–water partition coefficient (Wildman–Crippen LogP) is 2.95. The summed E-state index contributed by atoms with van der Waals surface area (Å²) in [7, 11) is 0. The second kappa shape index (κ2) is 7.94. The standard InChI is InChI=1S/C15H21NO3S/c1-10-6-7-12(20-3)9-13(10)14(17)16-8-4-5-11(2)15(18)19/h6-7,9,11H,4-5,8H2,1-3H3,(H,16,17)(H,18,19). The maximum atomic E-state index is 12.1. The van der Waals surface area contributed by atoms with Gasteiger partial charge in [-0.1, -0.05) is 13.0 Å². The third kappa shape index (κ3) is 4.89. The van der Waals surface area contributed by atoms with E-state index in [9.17, 15) is 9.59 Å². The largest absolute Gasteiger partial charge is 0.481 e. The number of rotatable bonds is 7. The number of carboxylic acid groups (broad SMARTS) is 1. The van der Waals surface area contributed by atoms with E-state index >= 15 is 0 Å². The van der Waals surface area contributed by atoms with Crippen LogP contribution in [0.15, 0.2) is 23.1 Å². The van der Waals surface area contributed by atoms with Crippen molar-refractivity contribution < 1.29 is 14.7 Å². The second-order valence-corrected chi connectivity index (χ2v) is 5.70. The van der Waals surface area contributed by atoms with E-state index < -0.39 is 5.97 Å². The van der Waals surface area contributed by atoms with E-state index in [0.717, 1.165) is 10.5 Å². The smallest absolute Gasteiger partial charge is 0.306 e. The average molecular weight is 295 g/mol. The molecular formula is C15H21NO3S. The number of carboxylic acids is 1. The summed E-state index contributed by atoms with van der Waals surface area (Å²) < 4.78 is 0. The molecule has 4 nitrogen and oxygen atoms in total. The molecule has 0 heterocycles. The van der Waals surface area contributed by atoms with Crippen LogP contribution in [0.25, 0.3) is 0 Å². The highest BCUT2D eigenvalue weighted by Gasteiger charge is 2.12. The fourth-order valence-electron chi connectivity index (χ4n) is 1.80. The summed E-state index contributed by atoms with van der Waals surface area (Å²) in [6.07, 6.45) is 3.21. The summed E-state index contributed by atoms with van der Waals surface area (Å²) in [6, 6.07) is 5.81. The molecule has 0 aliphatic heterocycles. The number of amides is 1. The first kappa shape index (κ1) is 16.6. The predicted molar refractivity (Wildman–Crippen MR) is 81.3 cm³/mol. The minimum absolute atomic E-state index is 0.0959. The Kier molecular flexibility index (Phi) is 6.58. The molecule has 110 valence electrons. The van der Waals surface area contributed by atoms with Gasteiger partial charge in [0, 0.05) is 17.0 Å². The van der Waals surface area contributed by atoms with E-state index in [1.54, 1.807) is 18.7 Å². The first-order valence-electron chi connectivity index (χ1n) is 6.61. The zero-order valence-electron chi connectivity index (χ0n) is 12.1. The van der Waals surface area contributed by atoms with Crippen LogP contribution >= 0.6 is 11.8 Å². The number of carbonyl (C=O) groups excluding carboxylic acids is 1. The molecule has 0 saturated heterocycles. The van der Waals surface area contributed by atoms with Crippen molar-refractivity contribution in [2.24, 2.45) is 5.92 Å². The van der Waals surface area contributed by atoms with Gasteiger partial charge in [-0.2, -0.15) is 0 Å². The highest BCUT2D eigenvalue weighted by molar-refractivity contribution is 7.98. The van der Waals surface area contributed by atoms with Gasteiger partial charge in [0.25, 0.3) is 5.91 Å². The first-order valence-corrected chi connectivity index (χ1v) is 7.83. The van der Waals surface area contributed by atoms with Crippen LogP contribution in [0.3, 0.4) is 0 Å². The van der Waals surface area contributed by atoms with Crippen molar-refractivity contribution in [3.8, 4) is 0 Å². The average Bonchev–Trinajstić information content (AvgIpc) is 2.43. The first-order chi connectivity index (χ1) is 9.45. The van der Waals surface area contributed by atoms with E-state index in [4.69, 9.17) is 5.11 Å². The number of carbonyl (C=O) groups is 2. The molecule has 0 bridgehead atoms. The van der Waals surface area contributed by atoms with Gasteiger partial charge in [-0.3, -0.25) is 9.59 Å². The van der Waals surface area contributed by atoms with Crippen molar-refractivity contribution in [1.82, 2.24) is 5.32 Å². The molecule has 1 aromatic rings. The maximum Gasteiger partial charge on any atom is 0.306 e. The lowest BCUT2D eigenvalue weighted by molar-refractivity contribution is -0.141. The molecule has 1 aromatic carbocycles. The topological polar surface area (TPSA) is 66.4 Å². The van der Waals surface area contributed by atoms with E-state index in [0.29, 0.717) is 24.9 Å². The Morgan fingerprint density at radius 2 is 2.10 bits per heavy atom. The van der Waals surface area contributed by atoms with Gasteiger partial charge in [0.15, 0.2) is 0 Å². The van der Waals surface area contributed by atoms with Crippen molar-refractivity contribution in [2.45, 2.75) is 31.6 Å². The summed E-state index contributed by atoms with van der Waals surface area (Å²) >= 11 is 1.60. The van der Waals surface area contributed by atoms with Gasteiger partial charge in [-0.05, 0) is 43.7 Å². The van der Waals surface area contributed by atoms with Crippen LogP contribution in [0.1, 0.15) is 35.7 Å². The number of nitrogens with one attached hydrogen (secondary N) is 1. The maximum absolute atomic E-state index is 12.1. The lowest BCUT2D eigenvalue weighted by Crippen LogP contribution is -2.26. The summed E-state index contributed by atoms with van der Waals surface area (Å²) in [5.74, 6) is -1.25. The Balaban J connectivity index is 2.49. The summed E-state index contributed by atoms with van der Waals surface area (Å²) in [5, 5.41) is 11.6. The summed E-state index contributed by atoms with van der Waals surface area (Å²) in [4.78, 5) is 23.8. The van der Waals surface area contributed by atoms with Crippen molar-refractivity contribution in [3.63, 3.8) is 0 Å². The number of benzene rings is 1. The number of thioether (sulfide) groups is 1.